The minimum absolute atomic E-state index is 0. The number of rotatable bonds is 4. The summed E-state index contributed by atoms with van der Waals surface area (Å²) in [7, 11) is 0. The molecule has 6 nitrogen and oxygen atoms in total. The fourth-order valence-corrected chi connectivity index (χ4v) is 2.36. The van der Waals surface area contributed by atoms with E-state index in [1.54, 1.807) is 24.3 Å². The van der Waals surface area contributed by atoms with Crippen LogP contribution >= 0.6 is 24.0 Å². The zero-order valence-electron chi connectivity index (χ0n) is 12.3. The Morgan fingerprint density at radius 1 is 1.42 bits per heavy atom. The maximum atomic E-state index is 13.0. The molecule has 10 heteroatoms. The molecule has 2 aromatic rings. The van der Waals surface area contributed by atoms with Crippen LogP contribution in [0.4, 0.5) is 8.78 Å². The molecule has 0 radical (unpaired) electrons. The van der Waals surface area contributed by atoms with Gasteiger partial charge in [0.15, 0.2) is 0 Å². The van der Waals surface area contributed by atoms with Gasteiger partial charge in [-0.1, -0.05) is 16.8 Å². The van der Waals surface area contributed by atoms with E-state index < -0.39 is 30.8 Å². The number of amides is 1. The van der Waals surface area contributed by atoms with Gasteiger partial charge in [-0.25, -0.2) is 8.78 Å². The topological polar surface area (TPSA) is 80.1 Å². The summed E-state index contributed by atoms with van der Waals surface area (Å²) in [4.78, 5) is 15.9. The van der Waals surface area contributed by atoms with Crippen LogP contribution in [0.25, 0.3) is 11.4 Å². The van der Waals surface area contributed by atoms with E-state index in [2.05, 4.69) is 20.8 Å². The molecule has 1 saturated heterocycles. The first-order valence-corrected chi connectivity index (χ1v) is 7.28. The molecular formula is C14H14Cl2F2N4O2. The number of carbonyl (C=O) groups is 1. The predicted octanol–water partition coefficient (Wildman–Crippen LogP) is 2.43. The third-order valence-corrected chi connectivity index (χ3v) is 3.66. The molecule has 1 amide bonds. The normalized spacial score (nSPS) is 18.9. The predicted molar refractivity (Wildman–Crippen MR) is 85.2 cm³/mol. The Morgan fingerprint density at radius 2 is 2.12 bits per heavy atom. The first-order chi connectivity index (χ1) is 10.9. The summed E-state index contributed by atoms with van der Waals surface area (Å²) >= 11 is 5.80. The molecule has 1 aromatic heterocycles. The van der Waals surface area contributed by atoms with Gasteiger partial charge in [-0.3, -0.25) is 10.1 Å². The average Bonchev–Trinajstić information content (AvgIpc) is 3.12. The van der Waals surface area contributed by atoms with Crippen molar-refractivity contribution in [2.75, 3.05) is 6.54 Å². The summed E-state index contributed by atoms with van der Waals surface area (Å²) in [6.07, 6.45) is -0.515. The lowest BCUT2D eigenvalue weighted by Crippen LogP contribution is -2.40. The van der Waals surface area contributed by atoms with Crippen LogP contribution in [0.1, 0.15) is 12.3 Å². The summed E-state index contributed by atoms with van der Waals surface area (Å²) in [5, 5.41) is 9.37. The van der Waals surface area contributed by atoms with Gasteiger partial charge < -0.3 is 9.84 Å². The molecule has 1 fully saturated rings. The number of benzene rings is 1. The Kier molecular flexibility index (Phi) is 5.74. The highest BCUT2D eigenvalue weighted by Gasteiger charge is 2.42. The summed E-state index contributed by atoms with van der Waals surface area (Å²) in [5.41, 5.74) is 0.716. The Morgan fingerprint density at radius 3 is 2.75 bits per heavy atom. The van der Waals surface area contributed by atoms with Crippen molar-refractivity contribution in [2.24, 2.45) is 0 Å². The number of nitrogens with zero attached hydrogens (tertiary/aromatic N) is 2. The van der Waals surface area contributed by atoms with E-state index in [4.69, 9.17) is 16.1 Å². The van der Waals surface area contributed by atoms with Crippen LogP contribution in [-0.4, -0.2) is 34.6 Å². The Balaban J connectivity index is 0.00000208. The van der Waals surface area contributed by atoms with Crippen molar-refractivity contribution in [2.45, 2.75) is 24.9 Å². The van der Waals surface area contributed by atoms with Crippen LogP contribution in [0.15, 0.2) is 28.8 Å². The summed E-state index contributed by atoms with van der Waals surface area (Å²) in [6.45, 7) is -0.518. The molecule has 1 aliphatic heterocycles. The molecular weight excluding hydrogens is 365 g/mol. The van der Waals surface area contributed by atoms with E-state index in [1.165, 1.54) is 0 Å². The van der Waals surface area contributed by atoms with Gasteiger partial charge in [-0.2, -0.15) is 4.98 Å². The standard InChI is InChI=1S/C14H13ClF2N4O2.ClH/c15-9-3-1-8(2-4-9)12-20-11(23-21-12)6-18-13(22)10-5-14(16,17)7-19-10;/h1-4,10,19H,5-7H2,(H,18,22);1H. The van der Waals surface area contributed by atoms with Crippen molar-refractivity contribution < 1.29 is 18.1 Å². The van der Waals surface area contributed by atoms with Gasteiger partial charge in [0.25, 0.3) is 5.92 Å². The molecule has 24 heavy (non-hydrogen) atoms. The van der Waals surface area contributed by atoms with Gasteiger partial charge in [-0.15, -0.1) is 12.4 Å². The lowest BCUT2D eigenvalue weighted by Gasteiger charge is -2.09. The second kappa shape index (κ2) is 7.42. The zero-order chi connectivity index (χ0) is 16.4. The fraction of sp³-hybridized carbons (Fsp3) is 0.357. The summed E-state index contributed by atoms with van der Waals surface area (Å²) < 4.78 is 31.1. The largest absolute Gasteiger partial charge is 0.346 e. The summed E-state index contributed by atoms with van der Waals surface area (Å²) in [6, 6.07) is 5.95. The van der Waals surface area contributed by atoms with E-state index in [-0.39, 0.29) is 24.8 Å². The van der Waals surface area contributed by atoms with E-state index in [0.717, 1.165) is 0 Å². The van der Waals surface area contributed by atoms with Crippen molar-refractivity contribution in [1.29, 1.82) is 0 Å². The van der Waals surface area contributed by atoms with Crippen molar-refractivity contribution in [1.82, 2.24) is 20.8 Å². The Hall–Kier alpha value is -1.77. The molecule has 0 spiro atoms. The van der Waals surface area contributed by atoms with Gasteiger partial charge in [0, 0.05) is 17.0 Å². The lowest BCUT2D eigenvalue weighted by molar-refractivity contribution is -0.123. The number of aromatic nitrogens is 2. The number of alkyl halides is 2. The van der Waals surface area contributed by atoms with E-state index in [9.17, 15) is 13.6 Å². The third kappa shape index (κ3) is 4.40. The minimum atomic E-state index is -2.85. The smallest absolute Gasteiger partial charge is 0.262 e. The van der Waals surface area contributed by atoms with E-state index in [1.807, 2.05) is 0 Å². The van der Waals surface area contributed by atoms with E-state index >= 15 is 0 Å². The molecule has 130 valence electrons. The Bertz CT molecular complexity index is 709. The van der Waals surface area contributed by atoms with Crippen molar-refractivity contribution in [3.05, 3.63) is 35.2 Å². The molecule has 0 bridgehead atoms. The van der Waals surface area contributed by atoms with Crippen LogP contribution in [0, 0.1) is 0 Å². The number of hydrogen-bond donors (Lipinski definition) is 2. The maximum Gasteiger partial charge on any atom is 0.262 e. The van der Waals surface area contributed by atoms with E-state index in [0.29, 0.717) is 16.4 Å². The molecule has 1 aliphatic rings. The van der Waals surface area contributed by atoms with Crippen molar-refractivity contribution in [3.63, 3.8) is 0 Å². The van der Waals surface area contributed by atoms with Crippen LogP contribution in [0.5, 0.6) is 0 Å². The van der Waals surface area contributed by atoms with Gasteiger partial charge >= 0.3 is 0 Å². The van der Waals surface area contributed by atoms with Crippen LogP contribution in [0.2, 0.25) is 5.02 Å². The van der Waals surface area contributed by atoms with Gasteiger partial charge in [0.2, 0.25) is 17.6 Å². The molecule has 0 aliphatic carbocycles. The fourth-order valence-electron chi connectivity index (χ4n) is 2.23. The summed E-state index contributed by atoms with van der Waals surface area (Å²) in [5.74, 6) is -2.83. The highest BCUT2D eigenvalue weighted by molar-refractivity contribution is 6.30. The number of nitrogens with one attached hydrogen (secondary N) is 2. The van der Waals surface area contributed by atoms with Crippen molar-refractivity contribution in [3.8, 4) is 11.4 Å². The second-order valence-electron chi connectivity index (χ2n) is 5.23. The monoisotopic (exact) mass is 378 g/mol. The average molecular weight is 379 g/mol. The van der Waals surface area contributed by atoms with Gasteiger partial charge in [0.1, 0.15) is 0 Å². The quantitative estimate of drug-likeness (QED) is 0.853. The lowest BCUT2D eigenvalue weighted by atomic mass is 10.2. The second-order valence-corrected chi connectivity index (χ2v) is 5.67. The molecule has 0 saturated carbocycles. The Labute approximate surface area is 147 Å². The van der Waals surface area contributed by atoms with Gasteiger partial charge in [-0.05, 0) is 24.3 Å². The molecule has 1 atom stereocenters. The van der Waals surface area contributed by atoms with Gasteiger partial charge in [0.05, 0.1) is 19.1 Å². The first kappa shape index (κ1) is 18.6. The molecule has 3 rings (SSSR count). The minimum Gasteiger partial charge on any atom is -0.346 e. The number of hydrogen-bond acceptors (Lipinski definition) is 5. The molecule has 2 N–H and O–H groups in total. The number of carbonyl (C=O) groups excluding carboxylic acids is 1. The highest BCUT2D eigenvalue weighted by Crippen LogP contribution is 2.25. The SMILES string of the molecule is Cl.O=C(NCc1nc(-c2ccc(Cl)cc2)no1)C1CC(F)(F)CN1. The highest BCUT2D eigenvalue weighted by atomic mass is 35.5. The third-order valence-electron chi connectivity index (χ3n) is 3.41. The van der Waals surface area contributed by atoms with Crippen LogP contribution in [0.3, 0.4) is 0 Å². The molecule has 1 unspecified atom stereocenters. The zero-order valence-corrected chi connectivity index (χ0v) is 13.8. The van der Waals surface area contributed by atoms with Crippen molar-refractivity contribution >= 4 is 29.9 Å². The first-order valence-electron chi connectivity index (χ1n) is 6.90. The maximum absolute atomic E-state index is 13.0. The van der Waals surface area contributed by atoms with Crippen LogP contribution < -0.4 is 10.6 Å². The molecule has 2 heterocycles. The number of halogens is 4. The van der Waals surface area contributed by atoms with Crippen LogP contribution in [-0.2, 0) is 11.3 Å². The molecule has 1 aromatic carbocycles.